The third-order valence-electron chi connectivity index (χ3n) is 6.67. The normalized spacial score (nSPS) is 22.0. The molecule has 2 fully saturated rings. The maximum atomic E-state index is 5.91. The van der Waals surface area contributed by atoms with Crippen molar-refractivity contribution in [2.75, 3.05) is 4.90 Å². The van der Waals surface area contributed by atoms with Crippen molar-refractivity contribution in [1.29, 1.82) is 0 Å². The summed E-state index contributed by atoms with van der Waals surface area (Å²) in [5.74, 6) is 0. The third-order valence-corrected chi connectivity index (χ3v) is 6.98. The Kier molecular flexibility index (Phi) is 5.53. The molecule has 31 heavy (non-hydrogen) atoms. The van der Waals surface area contributed by atoms with Crippen LogP contribution in [-0.2, 0) is 0 Å². The van der Waals surface area contributed by atoms with Crippen molar-refractivity contribution < 1.29 is 0 Å². The number of nitrogens with zero attached hydrogens (tertiary/aromatic N) is 3. The van der Waals surface area contributed by atoms with E-state index in [2.05, 4.69) is 77.3 Å². The summed E-state index contributed by atoms with van der Waals surface area (Å²) in [6.45, 7) is 4.30. The molecule has 160 valence electrons. The number of benzene rings is 1. The van der Waals surface area contributed by atoms with Gasteiger partial charge < -0.3 is 14.8 Å². The van der Waals surface area contributed by atoms with Gasteiger partial charge in [-0.25, -0.2) is 0 Å². The first kappa shape index (κ1) is 20.3. The molecule has 2 aromatic heterocycles. The van der Waals surface area contributed by atoms with E-state index in [1.54, 1.807) is 0 Å². The average Bonchev–Trinajstić information content (AvgIpc) is 3.38. The number of nitrogens with one attached hydrogen (secondary N) is 1. The molecule has 1 saturated heterocycles. The molecular formula is C26H30N4S. The maximum absolute atomic E-state index is 5.91. The molecule has 2 atom stereocenters. The molecule has 0 radical (unpaired) electrons. The molecule has 1 N–H and O–H groups in total. The van der Waals surface area contributed by atoms with Crippen LogP contribution in [0.4, 0.5) is 5.69 Å². The second-order valence-electron chi connectivity index (χ2n) is 8.97. The lowest BCUT2D eigenvalue weighted by Crippen LogP contribution is -2.31. The number of thiocarbonyl (C=S) groups is 1. The number of pyridine rings is 1. The fraction of sp³-hybridized carbons (Fsp3) is 0.385. The highest BCUT2D eigenvalue weighted by Gasteiger charge is 2.42. The predicted octanol–water partition coefficient (Wildman–Crippen LogP) is 6.18. The highest BCUT2D eigenvalue weighted by Crippen LogP contribution is 2.43. The van der Waals surface area contributed by atoms with Crippen molar-refractivity contribution in [3.63, 3.8) is 0 Å². The predicted molar refractivity (Wildman–Crippen MR) is 130 cm³/mol. The molecule has 0 amide bonds. The van der Waals surface area contributed by atoms with Crippen LogP contribution in [0, 0.1) is 13.8 Å². The van der Waals surface area contributed by atoms with Gasteiger partial charge in [-0.3, -0.25) is 4.98 Å². The monoisotopic (exact) mass is 430 g/mol. The Morgan fingerprint density at radius 2 is 1.74 bits per heavy atom. The van der Waals surface area contributed by atoms with Crippen molar-refractivity contribution in [2.45, 2.75) is 64.1 Å². The van der Waals surface area contributed by atoms with E-state index in [1.165, 1.54) is 48.9 Å². The Balaban J connectivity index is 1.63. The Labute approximate surface area is 190 Å². The van der Waals surface area contributed by atoms with E-state index in [0.717, 1.165) is 16.5 Å². The van der Waals surface area contributed by atoms with Crippen LogP contribution in [0.3, 0.4) is 0 Å². The zero-order valence-corrected chi connectivity index (χ0v) is 19.1. The molecule has 3 aromatic rings. The summed E-state index contributed by atoms with van der Waals surface area (Å²) in [5, 5.41) is 4.37. The summed E-state index contributed by atoms with van der Waals surface area (Å²) >= 11 is 5.91. The van der Waals surface area contributed by atoms with Gasteiger partial charge in [0.25, 0.3) is 0 Å². The van der Waals surface area contributed by atoms with Crippen molar-refractivity contribution in [1.82, 2.24) is 14.9 Å². The molecule has 0 unspecified atom stereocenters. The number of aromatic nitrogens is 2. The summed E-state index contributed by atoms with van der Waals surface area (Å²) in [6, 6.07) is 17.9. The minimum atomic E-state index is 0.00626. The highest BCUT2D eigenvalue weighted by atomic mass is 32.1. The van der Waals surface area contributed by atoms with Crippen molar-refractivity contribution >= 4 is 23.0 Å². The number of anilines is 1. The van der Waals surface area contributed by atoms with Crippen LogP contribution in [0.2, 0.25) is 0 Å². The van der Waals surface area contributed by atoms with Gasteiger partial charge >= 0.3 is 0 Å². The summed E-state index contributed by atoms with van der Waals surface area (Å²) in [6.07, 6.45) is 10.6. The summed E-state index contributed by atoms with van der Waals surface area (Å²) in [4.78, 5) is 7.01. The smallest absolute Gasteiger partial charge is 0.174 e. The minimum absolute atomic E-state index is 0.00626. The van der Waals surface area contributed by atoms with E-state index < -0.39 is 0 Å². The maximum Gasteiger partial charge on any atom is 0.174 e. The van der Waals surface area contributed by atoms with Gasteiger partial charge in [-0.1, -0.05) is 31.4 Å². The second kappa shape index (κ2) is 8.46. The molecule has 5 rings (SSSR count). The van der Waals surface area contributed by atoms with Gasteiger partial charge in [0.05, 0.1) is 11.7 Å². The van der Waals surface area contributed by atoms with Gasteiger partial charge in [-0.2, -0.15) is 0 Å². The first-order valence-electron chi connectivity index (χ1n) is 11.4. The summed E-state index contributed by atoms with van der Waals surface area (Å²) < 4.78 is 2.52. The number of hydrogen-bond acceptors (Lipinski definition) is 2. The Morgan fingerprint density at radius 1 is 0.968 bits per heavy atom. The SMILES string of the molecule is Cc1cc(C)cc(N2C(=S)N[C@@H](c3ccccn3)[C@H]2c2cccn2C2CCCCC2)c1. The lowest BCUT2D eigenvalue weighted by Gasteiger charge is -2.32. The lowest BCUT2D eigenvalue weighted by atomic mass is 9.94. The molecule has 3 heterocycles. The highest BCUT2D eigenvalue weighted by molar-refractivity contribution is 7.80. The van der Waals surface area contributed by atoms with E-state index >= 15 is 0 Å². The molecule has 1 aromatic carbocycles. The Morgan fingerprint density at radius 3 is 2.45 bits per heavy atom. The minimum Gasteiger partial charge on any atom is -0.351 e. The van der Waals surface area contributed by atoms with Crippen LogP contribution >= 0.6 is 12.2 Å². The van der Waals surface area contributed by atoms with Crippen LogP contribution in [0.1, 0.15) is 72.7 Å². The first-order valence-corrected chi connectivity index (χ1v) is 11.8. The van der Waals surface area contributed by atoms with E-state index in [-0.39, 0.29) is 12.1 Å². The van der Waals surface area contributed by atoms with Crippen molar-refractivity contribution in [3.8, 4) is 0 Å². The second-order valence-corrected chi connectivity index (χ2v) is 9.36. The number of aryl methyl sites for hydroxylation is 2. The molecule has 2 aliphatic rings. The van der Waals surface area contributed by atoms with Crippen molar-refractivity contribution in [2.24, 2.45) is 0 Å². The van der Waals surface area contributed by atoms with Crippen LogP contribution < -0.4 is 10.2 Å². The van der Waals surface area contributed by atoms with Gasteiger partial charge in [-0.05, 0) is 86.4 Å². The third kappa shape index (κ3) is 3.87. The average molecular weight is 431 g/mol. The Bertz CT molecular complexity index is 1050. The molecule has 0 spiro atoms. The van der Waals surface area contributed by atoms with E-state index in [4.69, 9.17) is 17.2 Å². The Hall–Kier alpha value is -2.66. The van der Waals surface area contributed by atoms with Crippen LogP contribution in [0.15, 0.2) is 60.9 Å². The fourth-order valence-corrected chi connectivity index (χ4v) is 5.72. The number of rotatable bonds is 4. The van der Waals surface area contributed by atoms with E-state index in [0.29, 0.717) is 6.04 Å². The van der Waals surface area contributed by atoms with Gasteiger partial charge in [0.15, 0.2) is 5.11 Å². The molecule has 1 aliphatic heterocycles. The molecular weight excluding hydrogens is 400 g/mol. The standard InChI is InChI=1S/C26H30N4S/c1-18-15-19(2)17-21(16-18)30-25(24(28-26(30)31)22-11-6-7-13-27-22)23-12-8-14-29(23)20-9-4-3-5-10-20/h6-8,11-17,20,24-25H,3-5,9-10H2,1-2H3,(H,28,31)/t24-,25+/m0/s1. The van der Waals surface area contributed by atoms with Crippen LogP contribution in [-0.4, -0.2) is 14.7 Å². The summed E-state index contributed by atoms with van der Waals surface area (Å²) in [5.41, 5.74) is 5.99. The van der Waals surface area contributed by atoms with E-state index in [9.17, 15) is 0 Å². The quantitative estimate of drug-likeness (QED) is 0.501. The fourth-order valence-electron chi connectivity index (χ4n) is 5.37. The van der Waals surface area contributed by atoms with Crippen LogP contribution in [0.25, 0.3) is 0 Å². The topological polar surface area (TPSA) is 33.1 Å². The first-order chi connectivity index (χ1) is 15.1. The zero-order valence-electron chi connectivity index (χ0n) is 18.3. The number of hydrogen-bond donors (Lipinski definition) is 1. The summed E-state index contributed by atoms with van der Waals surface area (Å²) in [7, 11) is 0. The molecule has 1 aliphatic carbocycles. The molecule has 4 nitrogen and oxygen atoms in total. The molecule has 0 bridgehead atoms. The largest absolute Gasteiger partial charge is 0.351 e. The van der Waals surface area contributed by atoms with Gasteiger partial charge in [0, 0.05) is 29.8 Å². The molecule has 5 heteroatoms. The van der Waals surface area contributed by atoms with Crippen molar-refractivity contribution in [3.05, 3.63) is 83.4 Å². The van der Waals surface area contributed by atoms with Gasteiger partial charge in [-0.15, -0.1) is 0 Å². The van der Waals surface area contributed by atoms with Gasteiger partial charge in [0.1, 0.15) is 6.04 Å². The van der Waals surface area contributed by atoms with Gasteiger partial charge in [0.2, 0.25) is 0 Å². The molecule has 1 saturated carbocycles. The van der Waals surface area contributed by atoms with E-state index in [1.807, 2.05) is 12.3 Å². The van der Waals surface area contributed by atoms with Crippen LogP contribution in [0.5, 0.6) is 0 Å². The lowest BCUT2D eigenvalue weighted by molar-refractivity contribution is 0.340. The zero-order chi connectivity index (χ0) is 21.4.